The molecular formula is C16H24N2O3. The molecule has 0 saturated carbocycles. The molecule has 3 N–H and O–H groups in total. The maximum atomic E-state index is 11.9. The van der Waals surface area contributed by atoms with Gasteiger partial charge in [-0.1, -0.05) is 27.7 Å². The lowest BCUT2D eigenvalue weighted by Gasteiger charge is -2.29. The first-order valence-electron chi connectivity index (χ1n) is 7.02. The summed E-state index contributed by atoms with van der Waals surface area (Å²) in [6.07, 6.45) is 0. The molecular weight excluding hydrogens is 268 g/mol. The third-order valence-corrected chi connectivity index (χ3v) is 3.99. The Kier molecular flexibility index (Phi) is 5.35. The van der Waals surface area contributed by atoms with Gasteiger partial charge in [-0.3, -0.25) is 0 Å². The third kappa shape index (κ3) is 4.77. The Morgan fingerprint density at radius 2 is 1.90 bits per heavy atom. The topological polar surface area (TPSA) is 78.4 Å². The first kappa shape index (κ1) is 17.0. The number of rotatable bonds is 5. The SMILES string of the molecule is Cc1cc(C(=O)O)ccc1NC(=O)NCC(C)(C)C(C)C. The molecule has 2 amide bonds. The molecule has 0 unspecified atom stereocenters. The Labute approximate surface area is 125 Å². The Morgan fingerprint density at radius 3 is 2.38 bits per heavy atom. The summed E-state index contributed by atoms with van der Waals surface area (Å²) in [5, 5.41) is 14.5. The number of urea groups is 1. The number of carbonyl (C=O) groups excluding carboxylic acids is 1. The fraction of sp³-hybridized carbons (Fsp3) is 0.500. The average Bonchev–Trinajstić information content (AvgIpc) is 2.38. The van der Waals surface area contributed by atoms with E-state index in [1.165, 1.54) is 12.1 Å². The summed E-state index contributed by atoms with van der Waals surface area (Å²) in [7, 11) is 0. The predicted molar refractivity (Wildman–Crippen MR) is 83.8 cm³/mol. The summed E-state index contributed by atoms with van der Waals surface area (Å²) in [5.41, 5.74) is 1.55. The molecule has 0 heterocycles. The number of aromatic carboxylic acids is 1. The van der Waals surface area contributed by atoms with Crippen LogP contribution in [0.15, 0.2) is 18.2 Å². The van der Waals surface area contributed by atoms with Gasteiger partial charge in [-0.25, -0.2) is 9.59 Å². The first-order chi connectivity index (χ1) is 9.63. The van der Waals surface area contributed by atoms with E-state index in [2.05, 4.69) is 38.3 Å². The van der Waals surface area contributed by atoms with E-state index in [1.807, 2.05) is 0 Å². The maximum Gasteiger partial charge on any atom is 0.335 e. The predicted octanol–water partition coefficient (Wildman–Crippen LogP) is 3.50. The van der Waals surface area contributed by atoms with E-state index in [-0.39, 0.29) is 17.0 Å². The number of hydrogen-bond donors (Lipinski definition) is 3. The molecule has 5 heteroatoms. The highest BCUT2D eigenvalue weighted by atomic mass is 16.4. The molecule has 1 aromatic carbocycles. The van der Waals surface area contributed by atoms with Crippen molar-refractivity contribution in [2.75, 3.05) is 11.9 Å². The van der Waals surface area contributed by atoms with E-state index in [1.54, 1.807) is 13.0 Å². The highest BCUT2D eigenvalue weighted by molar-refractivity contribution is 5.92. The van der Waals surface area contributed by atoms with Crippen LogP contribution in [0.4, 0.5) is 10.5 Å². The van der Waals surface area contributed by atoms with Gasteiger partial charge in [0.1, 0.15) is 0 Å². The van der Waals surface area contributed by atoms with E-state index in [0.717, 1.165) is 0 Å². The number of anilines is 1. The molecule has 0 fully saturated rings. The van der Waals surface area contributed by atoms with Crippen molar-refractivity contribution in [2.24, 2.45) is 11.3 Å². The number of aryl methyl sites for hydroxylation is 1. The number of carbonyl (C=O) groups is 2. The van der Waals surface area contributed by atoms with Crippen LogP contribution in [0.25, 0.3) is 0 Å². The van der Waals surface area contributed by atoms with Crippen molar-refractivity contribution in [3.05, 3.63) is 29.3 Å². The molecule has 0 aliphatic carbocycles. The second-order valence-electron chi connectivity index (χ2n) is 6.29. The summed E-state index contributed by atoms with van der Waals surface area (Å²) in [4.78, 5) is 22.8. The van der Waals surface area contributed by atoms with Gasteiger partial charge < -0.3 is 15.7 Å². The largest absolute Gasteiger partial charge is 0.478 e. The first-order valence-corrected chi connectivity index (χ1v) is 7.02. The molecule has 1 aromatic rings. The second-order valence-corrected chi connectivity index (χ2v) is 6.29. The van der Waals surface area contributed by atoms with E-state index in [4.69, 9.17) is 5.11 Å². The van der Waals surface area contributed by atoms with Crippen molar-refractivity contribution < 1.29 is 14.7 Å². The van der Waals surface area contributed by atoms with Crippen molar-refractivity contribution in [2.45, 2.75) is 34.6 Å². The zero-order valence-electron chi connectivity index (χ0n) is 13.3. The number of benzene rings is 1. The Balaban J connectivity index is 2.66. The van der Waals surface area contributed by atoms with Crippen LogP contribution in [0.3, 0.4) is 0 Å². The molecule has 0 bridgehead atoms. The van der Waals surface area contributed by atoms with Crippen molar-refractivity contribution >= 4 is 17.7 Å². The van der Waals surface area contributed by atoms with E-state index >= 15 is 0 Å². The van der Waals surface area contributed by atoms with Crippen LogP contribution < -0.4 is 10.6 Å². The molecule has 0 atom stereocenters. The van der Waals surface area contributed by atoms with Crippen molar-refractivity contribution in [1.29, 1.82) is 0 Å². The smallest absolute Gasteiger partial charge is 0.335 e. The molecule has 1 rings (SSSR count). The molecule has 0 spiro atoms. The van der Waals surface area contributed by atoms with Crippen LogP contribution in [0.5, 0.6) is 0 Å². The van der Waals surface area contributed by atoms with Crippen LogP contribution in [0.1, 0.15) is 43.6 Å². The molecule has 0 aliphatic heterocycles. The van der Waals surface area contributed by atoms with E-state index in [0.29, 0.717) is 23.7 Å². The van der Waals surface area contributed by atoms with Crippen molar-refractivity contribution in [3.8, 4) is 0 Å². The quantitative estimate of drug-likeness (QED) is 0.777. The molecule has 0 aromatic heterocycles. The van der Waals surface area contributed by atoms with Crippen LogP contribution in [0, 0.1) is 18.3 Å². The van der Waals surface area contributed by atoms with E-state index in [9.17, 15) is 9.59 Å². The molecule has 116 valence electrons. The van der Waals surface area contributed by atoms with Gasteiger partial charge in [0.15, 0.2) is 0 Å². The van der Waals surface area contributed by atoms with Crippen molar-refractivity contribution in [1.82, 2.24) is 5.32 Å². The number of hydrogen-bond acceptors (Lipinski definition) is 2. The number of amides is 2. The number of nitrogens with one attached hydrogen (secondary N) is 2. The van der Waals surface area contributed by atoms with Gasteiger partial charge in [0, 0.05) is 12.2 Å². The minimum atomic E-state index is -0.979. The van der Waals surface area contributed by atoms with Gasteiger partial charge >= 0.3 is 12.0 Å². The summed E-state index contributed by atoms with van der Waals surface area (Å²) >= 11 is 0. The Bertz CT molecular complexity index is 536. The average molecular weight is 292 g/mol. The van der Waals surface area contributed by atoms with Crippen LogP contribution in [0.2, 0.25) is 0 Å². The third-order valence-electron chi connectivity index (χ3n) is 3.99. The van der Waals surface area contributed by atoms with Gasteiger partial charge in [-0.2, -0.15) is 0 Å². The van der Waals surface area contributed by atoms with Crippen LogP contribution >= 0.6 is 0 Å². The zero-order chi connectivity index (χ0) is 16.2. The lowest BCUT2D eigenvalue weighted by atomic mass is 9.81. The molecule has 0 aliphatic rings. The highest BCUT2D eigenvalue weighted by Crippen LogP contribution is 2.24. The summed E-state index contributed by atoms with van der Waals surface area (Å²) in [6, 6.07) is 4.33. The molecule has 5 nitrogen and oxygen atoms in total. The normalized spacial score (nSPS) is 11.3. The molecule has 21 heavy (non-hydrogen) atoms. The van der Waals surface area contributed by atoms with Crippen molar-refractivity contribution in [3.63, 3.8) is 0 Å². The lowest BCUT2D eigenvalue weighted by Crippen LogP contribution is -2.39. The maximum absolute atomic E-state index is 11.9. The van der Waals surface area contributed by atoms with Gasteiger partial charge in [0.25, 0.3) is 0 Å². The molecule has 0 radical (unpaired) electrons. The summed E-state index contributed by atoms with van der Waals surface area (Å²) in [6.45, 7) is 10.8. The molecule has 0 saturated heterocycles. The minimum absolute atomic E-state index is 0.0134. The van der Waals surface area contributed by atoms with E-state index < -0.39 is 5.97 Å². The number of carboxylic acid groups (broad SMARTS) is 1. The second kappa shape index (κ2) is 6.61. The summed E-state index contributed by atoms with van der Waals surface area (Å²) < 4.78 is 0. The fourth-order valence-corrected chi connectivity index (χ4v) is 1.62. The standard InChI is InChI=1S/C16H24N2O3/c1-10(2)16(4,5)9-17-15(21)18-13-7-6-12(14(19)20)8-11(13)3/h6-8,10H,9H2,1-5H3,(H,19,20)(H2,17,18,21). The highest BCUT2D eigenvalue weighted by Gasteiger charge is 2.22. The Morgan fingerprint density at radius 1 is 1.29 bits per heavy atom. The fourth-order valence-electron chi connectivity index (χ4n) is 1.62. The van der Waals surface area contributed by atoms with Gasteiger partial charge in [0.2, 0.25) is 0 Å². The lowest BCUT2D eigenvalue weighted by molar-refractivity contribution is 0.0697. The zero-order valence-corrected chi connectivity index (χ0v) is 13.3. The summed E-state index contributed by atoms with van der Waals surface area (Å²) in [5.74, 6) is -0.526. The van der Waals surface area contributed by atoms with Crippen LogP contribution in [-0.2, 0) is 0 Å². The number of carboxylic acids is 1. The minimum Gasteiger partial charge on any atom is -0.478 e. The van der Waals surface area contributed by atoms with Gasteiger partial charge in [-0.15, -0.1) is 0 Å². The monoisotopic (exact) mass is 292 g/mol. The Hall–Kier alpha value is -2.04. The van der Waals surface area contributed by atoms with Gasteiger partial charge in [0.05, 0.1) is 5.56 Å². The van der Waals surface area contributed by atoms with Gasteiger partial charge in [-0.05, 0) is 42.0 Å². The van der Waals surface area contributed by atoms with Crippen LogP contribution in [-0.4, -0.2) is 23.7 Å².